The summed E-state index contributed by atoms with van der Waals surface area (Å²) < 4.78 is 0. The van der Waals surface area contributed by atoms with Crippen LogP contribution in [-0.2, 0) is 4.79 Å². The Morgan fingerprint density at radius 1 is 0.844 bits per heavy atom. The highest BCUT2D eigenvalue weighted by Gasteiger charge is 2.17. The summed E-state index contributed by atoms with van der Waals surface area (Å²) in [7, 11) is 0. The molecule has 3 N–H and O–H groups in total. The third kappa shape index (κ3) is 6.64. The standard InChI is InChI=1S/C15H13N3O.C9H12.C3H6O/c1-9-4-6-10(7-5-9)12-13-11(3-2-8-17-13)18-14(12)15(16)19;1-7-4-5-8(2)9(3)6-7;1-3(2)4/h2-8,18H,1H3,(H2,16,19);4-6H,1-3H3;1-2H3. The molecule has 1 amide bonds. The number of pyridine rings is 1. The van der Waals surface area contributed by atoms with Crippen LogP contribution in [0, 0.1) is 27.7 Å². The first-order chi connectivity index (χ1) is 15.1. The van der Waals surface area contributed by atoms with Gasteiger partial charge in [0.25, 0.3) is 5.91 Å². The Bertz CT molecular complexity index is 1220. The molecule has 4 rings (SSSR count). The van der Waals surface area contributed by atoms with Crippen molar-refractivity contribution in [2.75, 3.05) is 0 Å². The molecule has 166 valence electrons. The molecule has 0 saturated heterocycles. The monoisotopic (exact) mass is 429 g/mol. The number of nitrogens with two attached hydrogens (primary N) is 1. The summed E-state index contributed by atoms with van der Waals surface area (Å²) in [6.07, 6.45) is 1.71. The summed E-state index contributed by atoms with van der Waals surface area (Å²) in [5.41, 5.74) is 14.4. The zero-order chi connectivity index (χ0) is 23.8. The maximum atomic E-state index is 11.6. The number of primary amides is 1. The minimum atomic E-state index is -0.478. The van der Waals surface area contributed by atoms with Crippen molar-refractivity contribution < 1.29 is 9.59 Å². The third-order valence-electron chi connectivity index (χ3n) is 4.80. The van der Waals surface area contributed by atoms with E-state index in [4.69, 9.17) is 5.73 Å². The van der Waals surface area contributed by atoms with Crippen LogP contribution in [-0.4, -0.2) is 21.7 Å². The highest BCUT2D eigenvalue weighted by Crippen LogP contribution is 2.30. The predicted molar refractivity (Wildman–Crippen MR) is 132 cm³/mol. The molecule has 2 heterocycles. The molecular formula is C27H31N3O2. The lowest BCUT2D eigenvalue weighted by molar-refractivity contribution is -0.115. The molecule has 0 atom stereocenters. The summed E-state index contributed by atoms with van der Waals surface area (Å²) in [4.78, 5) is 28.4. The number of aryl methyl sites for hydroxylation is 4. The molecule has 0 spiro atoms. The van der Waals surface area contributed by atoms with Crippen LogP contribution in [0.2, 0.25) is 0 Å². The van der Waals surface area contributed by atoms with Gasteiger partial charge in [0, 0.05) is 11.8 Å². The lowest BCUT2D eigenvalue weighted by atomic mass is 10.0. The van der Waals surface area contributed by atoms with Gasteiger partial charge in [-0.25, -0.2) is 0 Å². The SMILES string of the molecule is CC(C)=O.Cc1ccc(-c2c(C(N)=O)[nH]c3cccnc23)cc1.Cc1ccc(C)c(C)c1. The number of Topliss-reactive ketones (excluding diaryl/α,β-unsaturated/α-hetero) is 1. The van der Waals surface area contributed by atoms with Gasteiger partial charge in [-0.1, -0.05) is 53.6 Å². The smallest absolute Gasteiger partial charge is 0.265 e. The first-order valence-corrected chi connectivity index (χ1v) is 10.4. The average Bonchev–Trinajstić information content (AvgIpc) is 3.12. The summed E-state index contributed by atoms with van der Waals surface area (Å²) >= 11 is 0. The molecule has 2 aromatic carbocycles. The van der Waals surface area contributed by atoms with E-state index in [0.29, 0.717) is 5.69 Å². The Hall–Kier alpha value is -3.73. The number of aromatic amines is 1. The number of nitrogens with one attached hydrogen (secondary N) is 1. The van der Waals surface area contributed by atoms with Crippen molar-refractivity contribution in [3.63, 3.8) is 0 Å². The number of carbonyl (C=O) groups is 2. The number of hydrogen-bond acceptors (Lipinski definition) is 3. The van der Waals surface area contributed by atoms with Crippen molar-refractivity contribution in [3.05, 3.63) is 88.7 Å². The van der Waals surface area contributed by atoms with Crippen molar-refractivity contribution in [2.45, 2.75) is 41.5 Å². The van der Waals surface area contributed by atoms with E-state index in [1.807, 2.05) is 43.3 Å². The Labute approximate surface area is 189 Å². The Morgan fingerprint density at radius 2 is 1.44 bits per heavy atom. The van der Waals surface area contributed by atoms with Gasteiger partial charge in [0.05, 0.1) is 11.0 Å². The fourth-order valence-corrected chi connectivity index (χ4v) is 3.10. The van der Waals surface area contributed by atoms with E-state index in [9.17, 15) is 9.59 Å². The molecule has 0 saturated carbocycles. The lowest BCUT2D eigenvalue weighted by Crippen LogP contribution is -2.12. The van der Waals surface area contributed by atoms with Crippen molar-refractivity contribution in [2.24, 2.45) is 5.73 Å². The van der Waals surface area contributed by atoms with E-state index in [2.05, 4.69) is 48.9 Å². The number of nitrogens with zero attached hydrogens (tertiary/aromatic N) is 1. The molecule has 0 unspecified atom stereocenters. The van der Waals surface area contributed by atoms with Crippen molar-refractivity contribution in [1.82, 2.24) is 9.97 Å². The van der Waals surface area contributed by atoms with E-state index in [1.54, 1.807) is 6.20 Å². The van der Waals surface area contributed by atoms with Crippen LogP contribution >= 0.6 is 0 Å². The van der Waals surface area contributed by atoms with Gasteiger partial charge in [0.1, 0.15) is 11.5 Å². The summed E-state index contributed by atoms with van der Waals surface area (Å²) in [6, 6.07) is 18.2. The zero-order valence-electron chi connectivity index (χ0n) is 19.6. The average molecular weight is 430 g/mol. The van der Waals surface area contributed by atoms with Crippen molar-refractivity contribution in [3.8, 4) is 11.1 Å². The molecule has 0 aliphatic carbocycles. The molecule has 32 heavy (non-hydrogen) atoms. The Balaban J connectivity index is 0.000000233. The van der Waals surface area contributed by atoms with Gasteiger partial charge in [-0.3, -0.25) is 9.78 Å². The van der Waals surface area contributed by atoms with Crippen molar-refractivity contribution in [1.29, 1.82) is 0 Å². The Morgan fingerprint density at radius 3 is 1.97 bits per heavy atom. The van der Waals surface area contributed by atoms with E-state index in [-0.39, 0.29) is 5.78 Å². The van der Waals surface area contributed by atoms with Crippen LogP contribution < -0.4 is 5.73 Å². The lowest BCUT2D eigenvalue weighted by Gasteiger charge is -2.02. The van der Waals surface area contributed by atoms with Gasteiger partial charge in [-0.05, 0) is 70.4 Å². The molecule has 0 aliphatic rings. The predicted octanol–water partition coefficient (Wildman–Crippen LogP) is 5.84. The third-order valence-corrected chi connectivity index (χ3v) is 4.80. The topological polar surface area (TPSA) is 88.8 Å². The van der Waals surface area contributed by atoms with Gasteiger partial charge < -0.3 is 15.5 Å². The van der Waals surface area contributed by atoms with Crippen LogP contribution in [0.4, 0.5) is 0 Å². The van der Waals surface area contributed by atoms with Gasteiger partial charge in [-0.2, -0.15) is 0 Å². The molecule has 0 aliphatic heterocycles. The first kappa shape index (κ1) is 24.5. The second-order valence-corrected chi connectivity index (χ2v) is 8.00. The molecule has 0 fully saturated rings. The minimum Gasteiger partial charge on any atom is -0.364 e. The zero-order valence-corrected chi connectivity index (χ0v) is 19.6. The largest absolute Gasteiger partial charge is 0.364 e. The van der Waals surface area contributed by atoms with Crippen LogP contribution in [0.25, 0.3) is 22.2 Å². The van der Waals surface area contributed by atoms with Gasteiger partial charge in [-0.15, -0.1) is 0 Å². The number of ketones is 1. The minimum absolute atomic E-state index is 0.167. The first-order valence-electron chi connectivity index (χ1n) is 10.4. The van der Waals surface area contributed by atoms with Crippen LogP contribution in [0.15, 0.2) is 60.8 Å². The summed E-state index contributed by atoms with van der Waals surface area (Å²) in [5.74, 6) is -0.312. The number of amides is 1. The maximum Gasteiger partial charge on any atom is 0.265 e. The highest BCUT2D eigenvalue weighted by atomic mass is 16.1. The molecular weight excluding hydrogens is 398 g/mol. The van der Waals surface area contributed by atoms with Crippen LogP contribution in [0.1, 0.15) is 46.6 Å². The normalized spacial score (nSPS) is 9.94. The fourth-order valence-electron chi connectivity index (χ4n) is 3.10. The van der Waals surface area contributed by atoms with Crippen LogP contribution in [0.5, 0.6) is 0 Å². The number of hydrogen-bond donors (Lipinski definition) is 2. The number of benzene rings is 2. The second-order valence-electron chi connectivity index (χ2n) is 8.00. The van der Waals surface area contributed by atoms with E-state index < -0.39 is 5.91 Å². The van der Waals surface area contributed by atoms with Crippen LogP contribution in [0.3, 0.4) is 0 Å². The number of H-pyrrole nitrogens is 1. The highest BCUT2D eigenvalue weighted by molar-refractivity contribution is 6.07. The quantitative estimate of drug-likeness (QED) is 0.419. The molecule has 5 heteroatoms. The number of fused-ring (bicyclic) bond motifs is 1. The van der Waals surface area contributed by atoms with Gasteiger partial charge in [0.15, 0.2) is 0 Å². The Kier molecular flexibility index (Phi) is 8.47. The van der Waals surface area contributed by atoms with Gasteiger partial charge in [0.2, 0.25) is 0 Å². The van der Waals surface area contributed by atoms with E-state index in [1.165, 1.54) is 30.5 Å². The fraction of sp³-hybridized carbons (Fsp3) is 0.222. The maximum absolute atomic E-state index is 11.6. The van der Waals surface area contributed by atoms with Gasteiger partial charge >= 0.3 is 0 Å². The molecule has 5 nitrogen and oxygen atoms in total. The number of aromatic nitrogens is 2. The van der Waals surface area contributed by atoms with E-state index in [0.717, 1.165) is 27.7 Å². The second kappa shape index (κ2) is 11.0. The summed E-state index contributed by atoms with van der Waals surface area (Å²) in [5, 5.41) is 0. The molecule has 4 aromatic rings. The molecule has 0 bridgehead atoms. The molecule has 2 aromatic heterocycles. The number of carbonyl (C=O) groups excluding carboxylic acids is 2. The van der Waals surface area contributed by atoms with E-state index >= 15 is 0 Å². The summed E-state index contributed by atoms with van der Waals surface area (Å²) in [6.45, 7) is 11.5. The van der Waals surface area contributed by atoms with Crippen molar-refractivity contribution >= 4 is 22.7 Å². The molecule has 0 radical (unpaired) electrons. The number of rotatable bonds is 2.